The number of rotatable bonds is 1. The predicted octanol–water partition coefficient (Wildman–Crippen LogP) is 2.97. The van der Waals surface area contributed by atoms with Gasteiger partial charge in [-0.05, 0) is 61.2 Å². The fourth-order valence-corrected chi connectivity index (χ4v) is 6.70. The fourth-order valence-electron chi connectivity index (χ4n) is 6.70. The molecule has 1 saturated heterocycles. The summed E-state index contributed by atoms with van der Waals surface area (Å²) in [5.41, 5.74) is 0. The third kappa shape index (κ3) is 1.74. The largest absolute Gasteiger partial charge is 0.352 e. The van der Waals surface area contributed by atoms with Gasteiger partial charge in [0.15, 0.2) is 0 Å². The Labute approximate surface area is 127 Å². The topological polar surface area (TPSA) is 52.9 Å². The highest BCUT2D eigenvalue weighted by Gasteiger charge is 2.62. The smallest absolute Gasteiger partial charge is 0.237 e. The van der Waals surface area contributed by atoms with Gasteiger partial charge in [-0.2, -0.15) is 5.26 Å². The zero-order valence-electron chi connectivity index (χ0n) is 13.1. The van der Waals surface area contributed by atoms with Gasteiger partial charge in [0.05, 0.1) is 6.07 Å². The van der Waals surface area contributed by atoms with E-state index in [1.165, 1.54) is 32.1 Å². The number of nitriles is 1. The van der Waals surface area contributed by atoms with Crippen LogP contribution in [-0.2, 0) is 4.79 Å². The Bertz CT molecular complexity index is 494. The lowest BCUT2D eigenvalue weighted by atomic mass is 9.57. The van der Waals surface area contributed by atoms with E-state index in [0.717, 1.165) is 23.7 Å². The molecule has 1 heterocycles. The van der Waals surface area contributed by atoms with E-state index in [2.05, 4.69) is 25.2 Å². The van der Waals surface area contributed by atoms with Crippen LogP contribution in [0.15, 0.2) is 0 Å². The second kappa shape index (κ2) is 4.73. The highest BCUT2D eigenvalue weighted by Crippen LogP contribution is 2.62. The Morgan fingerprint density at radius 3 is 2.57 bits per heavy atom. The Morgan fingerprint density at radius 2 is 1.86 bits per heavy atom. The van der Waals surface area contributed by atoms with Gasteiger partial charge in [-0.15, -0.1) is 0 Å². The van der Waals surface area contributed by atoms with Crippen molar-refractivity contribution in [1.82, 2.24) is 5.32 Å². The molecular formula is C18H26N2O. The molecule has 0 spiro atoms. The van der Waals surface area contributed by atoms with Crippen molar-refractivity contribution in [2.75, 3.05) is 0 Å². The summed E-state index contributed by atoms with van der Waals surface area (Å²) in [7, 11) is 0. The Morgan fingerprint density at radius 1 is 1.10 bits per heavy atom. The Hall–Kier alpha value is -1.04. The summed E-state index contributed by atoms with van der Waals surface area (Å²) in [6.45, 7) is 4.76. The molecule has 21 heavy (non-hydrogen) atoms. The second-order valence-electron chi connectivity index (χ2n) is 8.20. The van der Waals surface area contributed by atoms with Crippen LogP contribution in [0.4, 0.5) is 0 Å². The van der Waals surface area contributed by atoms with Gasteiger partial charge >= 0.3 is 0 Å². The van der Waals surface area contributed by atoms with Crippen LogP contribution in [0.1, 0.15) is 46.0 Å². The average molecular weight is 286 g/mol. The number of hydrogen-bond donors (Lipinski definition) is 1. The molecule has 8 atom stereocenters. The quantitative estimate of drug-likeness (QED) is 0.805. The highest BCUT2D eigenvalue weighted by atomic mass is 16.2. The van der Waals surface area contributed by atoms with Crippen molar-refractivity contribution < 1.29 is 4.79 Å². The van der Waals surface area contributed by atoms with Crippen molar-refractivity contribution in [2.24, 2.45) is 47.3 Å². The summed E-state index contributed by atoms with van der Waals surface area (Å²) >= 11 is 0. The molecule has 3 nitrogen and oxygen atoms in total. The standard InChI is InChI=1S/C18H26N2O/c1-9(2)10-6-7-12-15-11(10)4-3-5-13(15)17-16(12)14(8-19)18(21)20-17/h9-17H,3-7H2,1-2H3,(H,20,21). The lowest BCUT2D eigenvalue weighted by Crippen LogP contribution is -2.43. The zero-order chi connectivity index (χ0) is 14.7. The molecule has 1 aliphatic heterocycles. The van der Waals surface area contributed by atoms with Gasteiger partial charge in [-0.3, -0.25) is 4.79 Å². The molecule has 3 heteroatoms. The lowest BCUT2D eigenvalue weighted by Gasteiger charge is -2.48. The average Bonchev–Trinajstić information content (AvgIpc) is 2.95. The molecule has 3 aliphatic carbocycles. The van der Waals surface area contributed by atoms with E-state index in [-0.39, 0.29) is 11.8 Å². The number of nitrogens with zero attached hydrogens (tertiary/aromatic N) is 1. The first-order chi connectivity index (χ1) is 10.1. The Kier molecular flexibility index (Phi) is 3.07. The molecule has 0 aromatic heterocycles. The van der Waals surface area contributed by atoms with Gasteiger partial charge in [0.2, 0.25) is 5.91 Å². The van der Waals surface area contributed by atoms with Crippen molar-refractivity contribution in [3.05, 3.63) is 0 Å². The molecule has 114 valence electrons. The molecule has 1 N–H and O–H groups in total. The van der Waals surface area contributed by atoms with Crippen LogP contribution in [0.25, 0.3) is 0 Å². The molecule has 4 rings (SSSR count). The number of nitrogens with one attached hydrogen (secondary N) is 1. The Balaban J connectivity index is 1.69. The number of carbonyl (C=O) groups excluding carboxylic acids is 1. The molecule has 8 unspecified atom stereocenters. The molecule has 4 aliphatic rings. The molecule has 0 aromatic rings. The number of fused-ring (bicyclic) bond motifs is 3. The predicted molar refractivity (Wildman–Crippen MR) is 79.9 cm³/mol. The fraction of sp³-hybridized carbons (Fsp3) is 0.889. The third-order valence-corrected chi connectivity index (χ3v) is 7.28. The molecule has 0 radical (unpaired) electrons. The van der Waals surface area contributed by atoms with Gasteiger partial charge in [0.25, 0.3) is 0 Å². The van der Waals surface area contributed by atoms with Crippen LogP contribution < -0.4 is 5.32 Å². The van der Waals surface area contributed by atoms with Crippen LogP contribution in [0.2, 0.25) is 0 Å². The van der Waals surface area contributed by atoms with E-state index >= 15 is 0 Å². The first-order valence-electron chi connectivity index (χ1n) is 8.83. The summed E-state index contributed by atoms with van der Waals surface area (Å²) in [6.07, 6.45) is 6.52. The van der Waals surface area contributed by atoms with Crippen LogP contribution in [0.3, 0.4) is 0 Å². The lowest BCUT2D eigenvalue weighted by molar-refractivity contribution is -0.122. The maximum Gasteiger partial charge on any atom is 0.237 e. The van der Waals surface area contributed by atoms with E-state index in [4.69, 9.17) is 0 Å². The van der Waals surface area contributed by atoms with Gasteiger partial charge in [-0.25, -0.2) is 0 Å². The van der Waals surface area contributed by atoms with Gasteiger partial charge in [0.1, 0.15) is 5.92 Å². The number of carbonyl (C=O) groups is 1. The summed E-state index contributed by atoms with van der Waals surface area (Å²) in [4.78, 5) is 12.1. The van der Waals surface area contributed by atoms with Crippen molar-refractivity contribution >= 4 is 5.91 Å². The molecule has 0 bridgehead atoms. The van der Waals surface area contributed by atoms with Gasteiger partial charge in [0, 0.05) is 12.0 Å². The van der Waals surface area contributed by atoms with Crippen molar-refractivity contribution in [3.63, 3.8) is 0 Å². The number of amides is 1. The van der Waals surface area contributed by atoms with E-state index in [1.807, 2.05) is 0 Å². The van der Waals surface area contributed by atoms with E-state index in [1.54, 1.807) is 0 Å². The summed E-state index contributed by atoms with van der Waals surface area (Å²) in [6, 6.07) is 2.63. The van der Waals surface area contributed by atoms with Gasteiger partial charge in [-0.1, -0.05) is 20.3 Å². The molecule has 3 saturated carbocycles. The minimum Gasteiger partial charge on any atom is -0.352 e. The normalized spacial score (nSPS) is 51.2. The first kappa shape index (κ1) is 13.6. The first-order valence-corrected chi connectivity index (χ1v) is 8.83. The highest BCUT2D eigenvalue weighted by molar-refractivity contribution is 5.84. The SMILES string of the molecule is CC(C)C1CCC2C3C1CCCC3C1NC(=O)C(C#N)C21. The van der Waals surface area contributed by atoms with Crippen molar-refractivity contribution in [1.29, 1.82) is 5.26 Å². The molecule has 0 aromatic carbocycles. The van der Waals surface area contributed by atoms with Crippen LogP contribution in [-0.4, -0.2) is 11.9 Å². The van der Waals surface area contributed by atoms with Crippen molar-refractivity contribution in [3.8, 4) is 6.07 Å². The van der Waals surface area contributed by atoms with E-state index in [9.17, 15) is 10.1 Å². The monoisotopic (exact) mass is 286 g/mol. The van der Waals surface area contributed by atoms with Gasteiger partial charge < -0.3 is 5.32 Å². The third-order valence-electron chi connectivity index (χ3n) is 7.28. The maximum absolute atomic E-state index is 12.1. The molecular weight excluding hydrogens is 260 g/mol. The maximum atomic E-state index is 12.1. The van der Waals surface area contributed by atoms with Crippen LogP contribution in [0, 0.1) is 58.7 Å². The summed E-state index contributed by atoms with van der Waals surface area (Å²) in [5, 5.41) is 12.7. The zero-order valence-corrected chi connectivity index (χ0v) is 13.1. The summed E-state index contributed by atoms with van der Waals surface area (Å²) < 4.78 is 0. The van der Waals surface area contributed by atoms with Crippen molar-refractivity contribution in [2.45, 2.75) is 52.0 Å². The number of hydrogen-bond acceptors (Lipinski definition) is 2. The summed E-state index contributed by atoms with van der Waals surface area (Å²) in [5.74, 6) is 4.51. The van der Waals surface area contributed by atoms with Crippen LogP contribution >= 0.6 is 0 Å². The minimum atomic E-state index is -0.373. The molecule has 4 fully saturated rings. The molecule has 1 amide bonds. The minimum absolute atomic E-state index is 0.0130. The second-order valence-corrected chi connectivity index (χ2v) is 8.20. The van der Waals surface area contributed by atoms with E-state index < -0.39 is 0 Å². The van der Waals surface area contributed by atoms with E-state index in [0.29, 0.717) is 23.8 Å². The van der Waals surface area contributed by atoms with Crippen LogP contribution in [0.5, 0.6) is 0 Å².